The molecular formula is C8H16O3. The highest BCUT2D eigenvalue weighted by molar-refractivity contribution is 5.73. The van der Waals surface area contributed by atoms with Gasteiger partial charge in [0.2, 0.25) is 0 Å². The van der Waals surface area contributed by atoms with Crippen LogP contribution >= 0.6 is 0 Å². The molecular weight excluding hydrogens is 144 g/mol. The van der Waals surface area contributed by atoms with Crippen molar-refractivity contribution >= 4 is 5.97 Å². The Morgan fingerprint density at radius 1 is 1.82 bits per heavy atom. The third-order valence-corrected chi connectivity index (χ3v) is 0.628. The Bertz CT molecular complexity index is 108. The third kappa shape index (κ3) is 12.4. The van der Waals surface area contributed by atoms with Gasteiger partial charge in [-0.25, -0.2) is 4.79 Å². The lowest BCUT2D eigenvalue weighted by Gasteiger charge is -2.01. The zero-order chi connectivity index (χ0) is 9.28. The lowest BCUT2D eigenvalue weighted by atomic mass is 10.4. The van der Waals surface area contributed by atoms with Crippen molar-refractivity contribution in [2.75, 3.05) is 6.61 Å². The van der Waals surface area contributed by atoms with Crippen molar-refractivity contribution in [1.82, 2.24) is 0 Å². The van der Waals surface area contributed by atoms with E-state index in [9.17, 15) is 4.79 Å². The molecule has 0 aromatic carbocycles. The highest BCUT2D eigenvalue weighted by Crippen LogP contribution is 1.84. The first-order valence-corrected chi connectivity index (χ1v) is 3.51. The molecule has 0 radical (unpaired) electrons. The summed E-state index contributed by atoms with van der Waals surface area (Å²) in [5.74, 6) is -0.562. The van der Waals surface area contributed by atoms with E-state index in [0.29, 0.717) is 6.61 Å². The van der Waals surface area contributed by atoms with Crippen LogP contribution < -0.4 is 0 Å². The van der Waals surface area contributed by atoms with Gasteiger partial charge in [0, 0.05) is 0 Å². The van der Waals surface area contributed by atoms with Crippen molar-refractivity contribution in [3.63, 3.8) is 0 Å². The number of rotatable bonds is 2. The molecule has 0 bridgehead atoms. The zero-order valence-electron chi connectivity index (χ0n) is 7.33. The van der Waals surface area contributed by atoms with Crippen LogP contribution in [0.15, 0.2) is 12.7 Å². The predicted octanol–water partition coefficient (Wildman–Crippen LogP) is 1.12. The van der Waals surface area contributed by atoms with Gasteiger partial charge in [0.15, 0.2) is 0 Å². The van der Waals surface area contributed by atoms with Crippen molar-refractivity contribution in [2.45, 2.75) is 26.9 Å². The summed E-state index contributed by atoms with van der Waals surface area (Å²) < 4.78 is 4.41. The van der Waals surface area contributed by atoms with Crippen LogP contribution in [0.2, 0.25) is 0 Å². The Hall–Kier alpha value is -0.830. The summed E-state index contributed by atoms with van der Waals surface area (Å²) in [6, 6.07) is 0. The van der Waals surface area contributed by atoms with Crippen molar-refractivity contribution in [3.05, 3.63) is 12.7 Å². The molecule has 0 aromatic rings. The quantitative estimate of drug-likeness (QED) is 0.486. The van der Waals surface area contributed by atoms with E-state index >= 15 is 0 Å². The second kappa shape index (κ2) is 9.17. The van der Waals surface area contributed by atoms with E-state index in [-0.39, 0.29) is 0 Å². The van der Waals surface area contributed by atoms with Crippen molar-refractivity contribution in [3.8, 4) is 0 Å². The Balaban J connectivity index is 0. The van der Waals surface area contributed by atoms with E-state index in [1.807, 2.05) is 6.92 Å². The maximum atomic E-state index is 10.3. The van der Waals surface area contributed by atoms with Crippen LogP contribution in [0.4, 0.5) is 0 Å². The fraction of sp³-hybridized carbons (Fsp3) is 0.625. The van der Waals surface area contributed by atoms with Gasteiger partial charge in [-0.2, -0.15) is 0 Å². The molecule has 0 spiro atoms. The molecule has 0 amide bonds. The van der Waals surface area contributed by atoms with Crippen molar-refractivity contribution in [1.29, 1.82) is 0 Å². The van der Waals surface area contributed by atoms with Crippen LogP contribution in [0.25, 0.3) is 0 Å². The predicted molar refractivity (Wildman–Crippen MR) is 44.2 cm³/mol. The Kier molecular flexibility index (Phi) is 10.7. The standard InChI is InChI=1S/C5H10O3.C3H6/c1-3-8-5(7)4(2)6;1-3-2/h4,6H,3H2,1-2H3;3H,1H2,2H3. The first-order chi connectivity index (χ1) is 5.09. The SMILES string of the molecule is C=CC.CCOC(=O)C(C)O. The number of hydrogen-bond donors (Lipinski definition) is 1. The summed E-state index contributed by atoms with van der Waals surface area (Å²) in [5, 5.41) is 8.48. The zero-order valence-corrected chi connectivity index (χ0v) is 7.33. The van der Waals surface area contributed by atoms with Crippen LogP contribution in [-0.4, -0.2) is 23.8 Å². The molecule has 0 saturated carbocycles. The lowest BCUT2D eigenvalue weighted by molar-refractivity contribution is -0.151. The number of ether oxygens (including phenoxy) is 1. The van der Waals surface area contributed by atoms with Crippen LogP contribution in [0.3, 0.4) is 0 Å². The number of allylic oxidation sites excluding steroid dienone is 1. The summed E-state index contributed by atoms with van der Waals surface area (Å²) >= 11 is 0. The minimum absolute atomic E-state index is 0.323. The highest BCUT2D eigenvalue weighted by atomic mass is 16.5. The number of aliphatic hydroxyl groups excluding tert-OH is 1. The molecule has 1 N–H and O–H groups in total. The van der Waals surface area contributed by atoms with Gasteiger partial charge < -0.3 is 9.84 Å². The minimum Gasteiger partial charge on any atom is -0.464 e. The van der Waals surface area contributed by atoms with Gasteiger partial charge in [0.1, 0.15) is 6.10 Å². The molecule has 0 aromatic heterocycles. The Morgan fingerprint density at radius 2 is 2.18 bits per heavy atom. The van der Waals surface area contributed by atoms with E-state index in [1.54, 1.807) is 13.0 Å². The number of carbonyl (C=O) groups is 1. The van der Waals surface area contributed by atoms with Gasteiger partial charge in [0.05, 0.1) is 6.61 Å². The fourth-order valence-corrected chi connectivity index (χ4v) is 0.263. The van der Waals surface area contributed by atoms with Gasteiger partial charge in [-0.1, -0.05) is 6.08 Å². The average Bonchev–Trinajstić information content (AvgIpc) is 1.90. The molecule has 1 unspecified atom stereocenters. The average molecular weight is 160 g/mol. The number of carbonyl (C=O) groups excluding carboxylic acids is 1. The molecule has 3 nitrogen and oxygen atoms in total. The molecule has 66 valence electrons. The maximum Gasteiger partial charge on any atom is 0.334 e. The van der Waals surface area contributed by atoms with E-state index in [1.165, 1.54) is 6.92 Å². The van der Waals surface area contributed by atoms with Crippen molar-refractivity contribution in [2.24, 2.45) is 0 Å². The second-order valence-electron chi connectivity index (χ2n) is 1.84. The van der Waals surface area contributed by atoms with E-state index < -0.39 is 12.1 Å². The number of aliphatic hydroxyl groups is 1. The molecule has 3 heteroatoms. The summed E-state index contributed by atoms with van der Waals surface area (Å²) in [7, 11) is 0. The van der Waals surface area contributed by atoms with Gasteiger partial charge >= 0.3 is 5.97 Å². The molecule has 1 atom stereocenters. The minimum atomic E-state index is -0.991. The monoisotopic (exact) mass is 160 g/mol. The van der Waals surface area contributed by atoms with Crippen LogP contribution in [0, 0.1) is 0 Å². The summed E-state index contributed by atoms with van der Waals surface area (Å²) in [6.07, 6.45) is 0.759. The molecule has 0 rings (SSSR count). The largest absolute Gasteiger partial charge is 0.464 e. The molecule has 11 heavy (non-hydrogen) atoms. The molecule has 0 aliphatic carbocycles. The first kappa shape index (κ1) is 12.8. The molecule has 0 fully saturated rings. The Morgan fingerprint density at radius 3 is 2.27 bits per heavy atom. The van der Waals surface area contributed by atoms with Crippen molar-refractivity contribution < 1.29 is 14.6 Å². The van der Waals surface area contributed by atoms with E-state index in [2.05, 4.69) is 11.3 Å². The summed E-state index contributed by atoms with van der Waals surface area (Å²) in [5.41, 5.74) is 0. The Labute approximate surface area is 67.7 Å². The molecule has 0 heterocycles. The van der Waals surface area contributed by atoms with E-state index in [0.717, 1.165) is 0 Å². The lowest BCUT2D eigenvalue weighted by Crippen LogP contribution is -2.18. The topological polar surface area (TPSA) is 46.5 Å². The summed E-state index contributed by atoms with van der Waals surface area (Å²) in [6.45, 7) is 8.64. The van der Waals surface area contributed by atoms with Gasteiger partial charge in [0.25, 0.3) is 0 Å². The van der Waals surface area contributed by atoms with Crippen LogP contribution in [0.1, 0.15) is 20.8 Å². The van der Waals surface area contributed by atoms with Crippen LogP contribution in [-0.2, 0) is 9.53 Å². The van der Waals surface area contributed by atoms with E-state index in [4.69, 9.17) is 5.11 Å². The number of esters is 1. The second-order valence-corrected chi connectivity index (χ2v) is 1.84. The molecule has 0 aliphatic heterocycles. The molecule has 0 saturated heterocycles. The van der Waals surface area contributed by atoms with Gasteiger partial charge in [-0.05, 0) is 20.8 Å². The van der Waals surface area contributed by atoms with Crippen LogP contribution in [0.5, 0.6) is 0 Å². The maximum absolute atomic E-state index is 10.3. The first-order valence-electron chi connectivity index (χ1n) is 3.51. The normalized spacial score (nSPS) is 10.5. The highest BCUT2D eigenvalue weighted by Gasteiger charge is 2.07. The molecule has 0 aliphatic rings. The smallest absolute Gasteiger partial charge is 0.334 e. The van der Waals surface area contributed by atoms with Gasteiger partial charge in [-0.3, -0.25) is 0 Å². The third-order valence-electron chi connectivity index (χ3n) is 0.628. The summed E-state index contributed by atoms with van der Waals surface area (Å²) in [4.78, 5) is 10.3. The van der Waals surface area contributed by atoms with Gasteiger partial charge in [-0.15, -0.1) is 6.58 Å². The number of hydrogen-bond acceptors (Lipinski definition) is 3. The fourth-order valence-electron chi connectivity index (χ4n) is 0.263.